The van der Waals surface area contributed by atoms with Gasteiger partial charge in [0.15, 0.2) is 5.78 Å². The lowest BCUT2D eigenvalue weighted by molar-refractivity contribution is -0.118. The number of hydrogen-bond acceptors (Lipinski definition) is 5. The van der Waals surface area contributed by atoms with Crippen LogP contribution < -0.4 is 11.1 Å². The van der Waals surface area contributed by atoms with Gasteiger partial charge in [-0.2, -0.15) is 0 Å². The smallest absolute Gasteiger partial charge is 0.251 e. The Bertz CT molecular complexity index is 1150. The number of anilines is 1. The number of Topliss-reactive ketones (excluding diaryl/α,β-unsaturated/α-hetero) is 1. The number of amides is 1. The van der Waals surface area contributed by atoms with E-state index in [4.69, 9.17) is 11.1 Å². The average molecular weight is 405 g/mol. The zero-order chi connectivity index (χ0) is 21.7. The molecule has 0 aliphatic rings. The van der Waals surface area contributed by atoms with E-state index in [-0.39, 0.29) is 20.3 Å². The Hall–Kier alpha value is -3.80. The van der Waals surface area contributed by atoms with Gasteiger partial charge < -0.3 is 11.1 Å². The molecule has 0 saturated heterocycles. The van der Waals surface area contributed by atoms with Crippen molar-refractivity contribution in [3.8, 4) is 0 Å². The van der Waals surface area contributed by atoms with Crippen molar-refractivity contribution < 1.29 is 12.4 Å². The Kier molecular flexibility index (Phi) is 6.37. The number of nitrogens with zero attached hydrogens (tertiary/aromatic N) is 1. The quantitative estimate of drug-likeness (QED) is 0.294. The predicted molar refractivity (Wildman–Crippen MR) is 124 cm³/mol. The van der Waals surface area contributed by atoms with E-state index in [9.17, 15) is 9.59 Å². The number of rotatable bonds is 8. The highest BCUT2D eigenvalue weighted by Gasteiger charge is 2.19. The minimum Gasteiger partial charge on any atom is -0.398 e. The average Bonchev–Trinajstić information content (AvgIpc) is 2.75. The summed E-state index contributed by atoms with van der Waals surface area (Å²) in [6.45, 7) is 5.10. The molecule has 1 heterocycles. The van der Waals surface area contributed by atoms with Gasteiger partial charge in [-0.05, 0) is 50.1 Å². The standard InChI is InChI=1S/C24H24N4O2.2H2/c1-3-4-8-20(15(2)29)28-24(30)17-10-12-19(25)18(14-17)23(26)22-13-11-16-7-5-6-9-21(16)27-22;;/h3,5-7,9-14,20,26H,1,4,8,25H2,2H3,(H,28,30);2*1H/t20-;;/m0../s1. The van der Waals surface area contributed by atoms with Crippen LogP contribution in [0, 0.1) is 5.41 Å². The van der Waals surface area contributed by atoms with Gasteiger partial charge in [0.25, 0.3) is 5.91 Å². The van der Waals surface area contributed by atoms with Gasteiger partial charge in [0.1, 0.15) is 0 Å². The lowest BCUT2D eigenvalue weighted by Crippen LogP contribution is -2.39. The molecule has 0 saturated carbocycles. The molecule has 0 radical (unpaired) electrons. The number of carbonyl (C=O) groups excluding carboxylic acids is 2. The van der Waals surface area contributed by atoms with E-state index in [1.54, 1.807) is 30.3 Å². The molecular weight excluding hydrogens is 376 g/mol. The maximum absolute atomic E-state index is 12.7. The number of benzene rings is 2. The first kappa shape index (κ1) is 20.9. The van der Waals surface area contributed by atoms with Crippen molar-refractivity contribution in [2.45, 2.75) is 25.8 Å². The lowest BCUT2D eigenvalue weighted by atomic mass is 10.0. The normalized spacial score (nSPS) is 11.6. The molecule has 6 heteroatoms. The van der Waals surface area contributed by atoms with Crippen LogP contribution in [0.15, 0.2) is 67.3 Å². The Morgan fingerprint density at radius 3 is 2.73 bits per heavy atom. The van der Waals surface area contributed by atoms with Crippen LogP contribution in [0.25, 0.3) is 10.9 Å². The van der Waals surface area contributed by atoms with Gasteiger partial charge in [-0.25, -0.2) is 4.98 Å². The second-order valence-electron chi connectivity index (χ2n) is 7.07. The summed E-state index contributed by atoms with van der Waals surface area (Å²) < 4.78 is 0. The van der Waals surface area contributed by atoms with E-state index in [0.29, 0.717) is 35.3 Å². The molecule has 1 atom stereocenters. The molecule has 0 unspecified atom stereocenters. The van der Waals surface area contributed by atoms with Gasteiger partial charge in [-0.15, -0.1) is 6.58 Å². The van der Waals surface area contributed by atoms with Crippen LogP contribution in [0.2, 0.25) is 0 Å². The molecule has 6 nitrogen and oxygen atoms in total. The first-order chi connectivity index (χ1) is 14.4. The van der Waals surface area contributed by atoms with Crippen LogP contribution in [-0.4, -0.2) is 28.4 Å². The molecule has 0 aliphatic heterocycles. The van der Waals surface area contributed by atoms with Crippen LogP contribution in [0.4, 0.5) is 5.69 Å². The maximum Gasteiger partial charge on any atom is 0.251 e. The minimum atomic E-state index is -0.585. The Morgan fingerprint density at radius 1 is 1.23 bits per heavy atom. The number of nitrogen functional groups attached to an aromatic ring is 1. The predicted octanol–water partition coefficient (Wildman–Crippen LogP) is 4.38. The first-order valence-electron chi connectivity index (χ1n) is 9.67. The fourth-order valence-corrected chi connectivity index (χ4v) is 3.16. The summed E-state index contributed by atoms with van der Waals surface area (Å²) in [6.07, 6.45) is 2.82. The molecule has 0 bridgehead atoms. The van der Waals surface area contributed by atoms with Crippen molar-refractivity contribution in [3.63, 3.8) is 0 Å². The zero-order valence-corrected chi connectivity index (χ0v) is 16.8. The van der Waals surface area contributed by atoms with Gasteiger partial charge in [0.05, 0.1) is 23.0 Å². The van der Waals surface area contributed by atoms with Crippen molar-refractivity contribution in [2.24, 2.45) is 0 Å². The third kappa shape index (κ3) is 4.60. The zero-order valence-electron chi connectivity index (χ0n) is 16.8. The summed E-state index contributed by atoms with van der Waals surface area (Å²) >= 11 is 0. The molecule has 4 N–H and O–H groups in total. The molecule has 1 aromatic heterocycles. The summed E-state index contributed by atoms with van der Waals surface area (Å²) in [4.78, 5) is 29.1. The van der Waals surface area contributed by atoms with Gasteiger partial charge in [0.2, 0.25) is 0 Å². The number of para-hydroxylation sites is 1. The van der Waals surface area contributed by atoms with Crippen LogP contribution >= 0.6 is 0 Å². The second-order valence-corrected chi connectivity index (χ2v) is 7.07. The van der Waals surface area contributed by atoms with Crippen LogP contribution in [-0.2, 0) is 4.79 Å². The molecule has 1 amide bonds. The van der Waals surface area contributed by atoms with Gasteiger partial charge >= 0.3 is 0 Å². The lowest BCUT2D eigenvalue weighted by Gasteiger charge is -2.16. The minimum absolute atomic E-state index is 0. The van der Waals surface area contributed by atoms with Crippen molar-refractivity contribution >= 4 is 34.0 Å². The van der Waals surface area contributed by atoms with Gasteiger partial charge in [-0.3, -0.25) is 15.0 Å². The third-order valence-corrected chi connectivity index (χ3v) is 4.89. The molecule has 2 aromatic carbocycles. The number of ketones is 1. The summed E-state index contributed by atoms with van der Waals surface area (Å²) in [6, 6.07) is 15.5. The second kappa shape index (κ2) is 9.13. The molecular formula is C24H28N4O2. The molecule has 0 fully saturated rings. The van der Waals surface area contributed by atoms with Crippen LogP contribution in [0.3, 0.4) is 0 Å². The van der Waals surface area contributed by atoms with Crippen molar-refractivity contribution in [3.05, 3.63) is 84.1 Å². The van der Waals surface area contributed by atoms with Crippen molar-refractivity contribution in [1.82, 2.24) is 10.3 Å². The summed E-state index contributed by atoms with van der Waals surface area (Å²) in [7, 11) is 0. The van der Waals surface area contributed by atoms with E-state index in [0.717, 1.165) is 10.9 Å². The molecule has 3 aromatic rings. The summed E-state index contributed by atoms with van der Waals surface area (Å²) in [5.41, 5.74) is 8.58. The van der Waals surface area contributed by atoms with E-state index in [1.807, 2.05) is 30.3 Å². The van der Waals surface area contributed by atoms with Crippen molar-refractivity contribution in [1.29, 1.82) is 5.41 Å². The number of nitrogens with two attached hydrogens (primary N) is 1. The topological polar surface area (TPSA) is 109 Å². The van der Waals surface area contributed by atoms with E-state index < -0.39 is 6.04 Å². The summed E-state index contributed by atoms with van der Waals surface area (Å²) in [5.74, 6) is -0.506. The fraction of sp³-hybridized carbons (Fsp3) is 0.167. The largest absolute Gasteiger partial charge is 0.398 e. The van der Waals surface area contributed by atoms with Crippen LogP contribution in [0.1, 0.15) is 44.2 Å². The van der Waals surface area contributed by atoms with Gasteiger partial charge in [0, 0.05) is 25.1 Å². The number of hydrogen-bond donors (Lipinski definition) is 3. The third-order valence-electron chi connectivity index (χ3n) is 4.89. The van der Waals surface area contributed by atoms with E-state index >= 15 is 0 Å². The van der Waals surface area contributed by atoms with Crippen molar-refractivity contribution in [2.75, 3.05) is 5.73 Å². The number of nitrogens with one attached hydrogen (secondary N) is 2. The molecule has 30 heavy (non-hydrogen) atoms. The number of aromatic nitrogens is 1. The van der Waals surface area contributed by atoms with Crippen LogP contribution in [0.5, 0.6) is 0 Å². The molecule has 0 spiro atoms. The fourth-order valence-electron chi connectivity index (χ4n) is 3.16. The maximum atomic E-state index is 12.7. The first-order valence-corrected chi connectivity index (χ1v) is 9.67. The highest BCUT2D eigenvalue weighted by Crippen LogP contribution is 2.20. The number of allylic oxidation sites excluding steroid dienone is 1. The Morgan fingerprint density at radius 2 is 2.00 bits per heavy atom. The number of fused-ring (bicyclic) bond motifs is 1. The van der Waals surface area contributed by atoms with E-state index in [1.165, 1.54) is 6.92 Å². The highest BCUT2D eigenvalue weighted by atomic mass is 16.2. The Balaban J connectivity index is 0.00000256. The number of pyridine rings is 1. The monoisotopic (exact) mass is 404 g/mol. The number of carbonyl (C=O) groups is 2. The van der Waals surface area contributed by atoms with E-state index in [2.05, 4.69) is 16.9 Å². The van der Waals surface area contributed by atoms with Gasteiger partial charge in [-0.1, -0.05) is 30.3 Å². The molecule has 3 rings (SSSR count). The SMILES string of the molecule is C=CCC[C@H](NC(=O)c1ccc(N)c(C(=N)c2ccc3ccccc3n2)c1)C(C)=O.[HH].[HH]. The highest BCUT2D eigenvalue weighted by molar-refractivity contribution is 6.14. The molecule has 0 aliphatic carbocycles. The molecule has 156 valence electrons. The Labute approximate surface area is 178 Å². The summed E-state index contributed by atoms with van der Waals surface area (Å²) in [5, 5.41) is 12.3.